The zero-order valence-corrected chi connectivity index (χ0v) is 24.8. The second-order valence-corrected chi connectivity index (χ2v) is 13.8. The lowest BCUT2D eigenvalue weighted by molar-refractivity contribution is 0.0116. The molecule has 1 N–H and O–H groups in total. The van der Waals surface area contributed by atoms with E-state index in [1.54, 1.807) is 51.6 Å². The molecule has 10 nitrogen and oxygen atoms in total. The maximum atomic E-state index is 15.1. The molecule has 2 fully saturated rings. The first-order valence-corrected chi connectivity index (χ1v) is 15.1. The Kier molecular flexibility index (Phi) is 5.89. The molecular formula is C30H31FN6O4S. The highest BCUT2D eigenvalue weighted by Gasteiger charge is 2.53. The number of benzene rings is 1. The van der Waals surface area contributed by atoms with Crippen LogP contribution >= 0.6 is 0 Å². The monoisotopic (exact) mass is 590 g/mol. The maximum Gasteiger partial charge on any atom is 0.414 e. The molecule has 1 aromatic carbocycles. The van der Waals surface area contributed by atoms with Crippen LogP contribution in [-0.2, 0) is 15.5 Å². The van der Waals surface area contributed by atoms with Gasteiger partial charge in [-0.05, 0) is 57.7 Å². The van der Waals surface area contributed by atoms with Crippen molar-refractivity contribution in [3.05, 3.63) is 41.3 Å². The van der Waals surface area contributed by atoms with E-state index < -0.39 is 28.3 Å². The van der Waals surface area contributed by atoms with E-state index in [1.807, 2.05) is 0 Å². The number of pyridine rings is 1. The van der Waals surface area contributed by atoms with Gasteiger partial charge in [0.2, 0.25) is 0 Å². The fraction of sp³-hybridized carbons (Fsp3) is 0.400. The Morgan fingerprint density at radius 1 is 1.24 bits per heavy atom. The van der Waals surface area contributed by atoms with E-state index in [1.165, 1.54) is 29.9 Å². The number of rotatable bonds is 4. The van der Waals surface area contributed by atoms with Crippen LogP contribution in [0.5, 0.6) is 11.8 Å². The molecule has 1 unspecified atom stereocenters. The Labute approximate surface area is 244 Å². The van der Waals surface area contributed by atoms with Gasteiger partial charge in [0.15, 0.2) is 5.75 Å². The number of halogens is 1. The molecule has 1 saturated heterocycles. The smallest absolute Gasteiger partial charge is 0.414 e. The number of anilines is 2. The summed E-state index contributed by atoms with van der Waals surface area (Å²) in [7, 11) is 0.261. The fourth-order valence-electron chi connectivity index (χ4n) is 6.03. The van der Waals surface area contributed by atoms with Crippen molar-refractivity contribution in [3.8, 4) is 11.8 Å². The van der Waals surface area contributed by atoms with Crippen molar-refractivity contribution in [2.75, 3.05) is 29.9 Å². The average molecular weight is 591 g/mol. The van der Waals surface area contributed by atoms with Gasteiger partial charge in [-0.1, -0.05) is 6.92 Å². The molecule has 0 radical (unpaired) electrons. The predicted molar refractivity (Wildman–Crippen MR) is 159 cm³/mol. The van der Waals surface area contributed by atoms with Gasteiger partial charge in [-0.2, -0.15) is 9.97 Å². The van der Waals surface area contributed by atoms with E-state index in [0.29, 0.717) is 55.7 Å². The lowest BCUT2D eigenvalue weighted by Gasteiger charge is -2.60. The number of hydrogen-bond donors (Lipinski definition) is 1. The molecule has 42 heavy (non-hydrogen) atoms. The largest absolute Gasteiger partial charge is 0.443 e. The summed E-state index contributed by atoms with van der Waals surface area (Å²) in [6, 6.07) is 4.48. The summed E-state index contributed by atoms with van der Waals surface area (Å²) in [4.78, 5) is 34.1. The molecule has 1 aliphatic carbocycles. The second-order valence-electron chi connectivity index (χ2n) is 12.5. The third kappa shape index (κ3) is 4.31. The average Bonchev–Trinajstić information content (AvgIpc) is 3.45. The van der Waals surface area contributed by atoms with Crippen LogP contribution in [0.1, 0.15) is 46.2 Å². The molecule has 12 heteroatoms. The summed E-state index contributed by atoms with van der Waals surface area (Å²) in [5.41, 5.74) is 1.47. The standard InChI is InChI=1S/C30H31FN6O4S/c1-16-6-8-30(16)14-37(15-30)26-23-19-10-17(31)11-21(36(5)28(38)41-29(2,3)4)24(19)33-25(23)34-27(35-26)40-18-12-22-20(32-13-18)7-9-42(22)39/h7,9-13,16H,6,8,14-15H2,1-5H3,(H,33,34,35)/t16-,42?/m1/s1. The lowest BCUT2D eigenvalue weighted by Crippen LogP contribution is -2.64. The van der Waals surface area contributed by atoms with Crippen LogP contribution in [0.2, 0.25) is 0 Å². The number of nitrogens with zero attached hydrogens (tertiary/aromatic N) is 5. The Hall–Kier alpha value is -4.06. The Morgan fingerprint density at radius 2 is 2.02 bits per heavy atom. The van der Waals surface area contributed by atoms with Crippen molar-refractivity contribution in [1.82, 2.24) is 19.9 Å². The van der Waals surface area contributed by atoms with Gasteiger partial charge in [-0.25, -0.2) is 13.4 Å². The van der Waals surface area contributed by atoms with Gasteiger partial charge in [0.25, 0.3) is 0 Å². The SMILES string of the molecule is C[C@@H]1CCC12CN(c1nc(Oc3cnc4c(c3)S(=O)C=C4)nc3[nH]c4c(N(C)C(=O)OC(C)(C)C)cc(F)cc4c13)C2. The van der Waals surface area contributed by atoms with Gasteiger partial charge in [0.05, 0.1) is 44.2 Å². The van der Waals surface area contributed by atoms with E-state index in [-0.39, 0.29) is 11.4 Å². The number of aromatic amines is 1. The molecule has 7 rings (SSSR count). The van der Waals surface area contributed by atoms with E-state index in [0.717, 1.165) is 13.1 Å². The van der Waals surface area contributed by atoms with Crippen LogP contribution in [0.15, 0.2) is 34.7 Å². The third-order valence-electron chi connectivity index (χ3n) is 8.56. The Balaban J connectivity index is 1.34. The molecule has 1 spiro atoms. The Morgan fingerprint density at radius 3 is 2.71 bits per heavy atom. The van der Waals surface area contributed by atoms with Gasteiger partial charge in [0, 0.05) is 42.4 Å². The van der Waals surface area contributed by atoms with Crippen LogP contribution in [0, 0.1) is 17.2 Å². The summed E-state index contributed by atoms with van der Waals surface area (Å²) >= 11 is 0. The highest BCUT2D eigenvalue weighted by molar-refractivity contribution is 7.88. The van der Waals surface area contributed by atoms with Crippen LogP contribution < -0.4 is 14.5 Å². The minimum absolute atomic E-state index is 0.0765. The quantitative estimate of drug-likeness (QED) is 0.302. The van der Waals surface area contributed by atoms with Crippen molar-refractivity contribution in [1.29, 1.82) is 0 Å². The summed E-state index contributed by atoms with van der Waals surface area (Å²) in [6.45, 7) is 9.28. The Bertz CT molecular complexity index is 1840. The van der Waals surface area contributed by atoms with Gasteiger partial charge in [-0.3, -0.25) is 9.88 Å². The topological polar surface area (TPSA) is 114 Å². The van der Waals surface area contributed by atoms with Crippen LogP contribution in [-0.4, -0.2) is 56.0 Å². The number of H-pyrrole nitrogens is 1. The van der Waals surface area contributed by atoms with Crippen molar-refractivity contribution in [2.24, 2.45) is 11.3 Å². The van der Waals surface area contributed by atoms with Gasteiger partial charge < -0.3 is 19.4 Å². The summed E-state index contributed by atoms with van der Waals surface area (Å²) in [5.74, 6) is 1.11. The first-order valence-electron chi connectivity index (χ1n) is 13.9. The summed E-state index contributed by atoms with van der Waals surface area (Å²) in [5, 5.41) is 2.79. The number of ether oxygens (including phenoxy) is 2. The van der Waals surface area contributed by atoms with Crippen molar-refractivity contribution < 1.29 is 22.9 Å². The molecule has 218 valence electrons. The molecular weight excluding hydrogens is 559 g/mol. The molecule has 1 amide bonds. The molecule has 2 atom stereocenters. The van der Waals surface area contributed by atoms with E-state index in [9.17, 15) is 9.00 Å². The molecule has 4 aromatic rings. The third-order valence-corrected chi connectivity index (χ3v) is 9.70. The fourth-order valence-corrected chi connectivity index (χ4v) is 6.99. The number of carbonyl (C=O) groups excluding carboxylic acids is 1. The normalized spacial score (nSPS) is 20.5. The van der Waals surface area contributed by atoms with Crippen molar-refractivity contribution in [3.63, 3.8) is 0 Å². The van der Waals surface area contributed by atoms with E-state index >= 15 is 4.39 Å². The maximum absolute atomic E-state index is 15.1. The second kappa shape index (κ2) is 9.22. The number of nitrogens with one attached hydrogen (secondary N) is 1. The summed E-state index contributed by atoms with van der Waals surface area (Å²) < 4.78 is 39.1. The van der Waals surface area contributed by atoms with Crippen molar-refractivity contribution in [2.45, 2.75) is 51.0 Å². The number of hydrogen-bond acceptors (Lipinski definition) is 8. The number of fused-ring (bicyclic) bond motifs is 4. The van der Waals surface area contributed by atoms with Gasteiger partial charge >= 0.3 is 12.1 Å². The van der Waals surface area contributed by atoms with Gasteiger partial charge in [-0.15, -0.1) is 0 Å². The van der Waals surface area contributed by atoms with Crippen molar-refractivity contribution >= 4 is 56.4 Å². The number of aromatic nitrogens is 4. The minimum Gasteiger partial charge on any atom is -0.443 e. The number of carbonyl (C=O) groups is 1. The molecule has 3 aliphatic rings. The first-order chi connectivity index (χ1) is 19.9. The van der Waals surface area contributed by atoms with Crippen LogP contribution in [0.25, 0.3) is 28.0 Å². The summed E-state index contributed by atoms with van der Waals surface area (Å²) in [6.07, 6.45) is 5.03. The molecule has 2 aliphatic heterocycles. The van der Waals surface area contributed by atoms with Gasteiger partial charge in [0.1, 0.15) is 22.9 Å². The highest BCUT2D eigenvalue weighted by Crippen LogP contribution is 2.54. The lowest BCUT2D eigenvalue weighted by atomic mass is 9.56. The predicted octanol–water partition coefficient (Wildman–Crippen LogP) is 6.14. The highest BCUT2D eigenvalue weighted by atomic mass is 32.2. The molecule has 5 heterocycles. The zero-order chi connectivity index (χ0) is 29.6. The first kappa shape index (κ1) is 26.8. The van der Waals surface area contributed by atoms with E-state index in [4.69, 9.17) is 14.5 Å². The molecule has 0 bridgehead atoms. The van der Waals surface area contributed by atoms with Crippen LogP contribution in [0.3, 0.4) is 0 Å². The minimum atomic E-state index is -1.29. The molecule has 1 saturated carbocycles. The van der Waals surface area contributed by atoms with E-state index in [2.05, 4.69) is 26.8 Å². The zero-order valence-electron chi connectivity index (χ0n) is 24.0. The van der Waals surface area contributed by atoms with Crippen LogP contribution in [0.4, 0.5) is 20.7 Å². The molecule has 3 aromatic heterocycles. The number of amides is 1.